The summed E-state index contributed by atoms with van der Waals surface area (Å²) < 4.78 is 0. The molecule has 0 aromatic rings. The molecule has 1 atom stereocenters. The number of carboxylic acids is 1. The molecule has 0 saturated heterocycles. The largest absolute Gasteiger partial charge is 0.480 e. The van der Waals surface area contributed by atoms with Gasteiger partial charge in [-0.05, 0) is 37.2 Å². The molecule has 1 aliphatic carbocycles. The number of carbonyl (C=O) groups excluding carboxylic acids is 1. The SMILES string of the molecule is NC(=O)C1(CCSCCC(N)C(=O)O)CCC1. The van der Waals surface area contributed by atoms with Crippen molar-refractivity contribution in [3.8, 4) is 0 Å². The fourth-order valence-corrected chi connectivity index (χ4v) is 3.09. The normalized spacial score (nSPS) is 19.4. The second-order valence-corrected chi connectivity index (χ2v) is 5.82. The summed E-state index contributed by atoms with van der Waals surface area (Å²) in [7, 11) is 0. The molecule has 0 aliphatic heterocycles. The summed E-state index contributed by atoms with van der Waals surface area (Å²) >= 11 is 1.64. The van der Waals surface area contributed by atoms with Crippen LogP contribution in [0.15, 0.2) is 0 Å². The van der Waals surface area contributed by atoms with E-state index in [0.717, 1.165) is 31.4 Å². The Morgan fingerprint density at radius 3 is 2.41 bits per heavy atom. The number of carboxylic acid groups (broad SMARTS) is 1. The van der Waals surface area contributed by atoms with Crippen molar-refractivity contribution >= 4 is 23.6 Å². The molecule has 17 heavy (non-hydrogen) atoms. The molecule has 1 saturated carbocycles. The molecule has 0 aromatic carbocycles. The average Bonchev–Trinajstić information content (AvgIpc) is 2.19. The van der Waals surface area contributed by atoms with E-state index in [2.05, 4.69) is 0 Å². The predicted octanol–water partition coefficient (Wildman–Crippen LogP) is 0.567. The molecule has 0 radical (unpaired) electrons. The molecular weight excluding hydrogens is 240 g/mol. The van der Waals surface area contributed by atoms with Gasteiger partial charge >= 0.3 is 5.97 Å². The Morgan fingerprint density at radius 1 is 1.35 bits per heavy atom. The first-order valence-corrected chi connectivity index (χ1v) is 6.99. The standard InChI is InChI=1S/C11H20N2O3S/c12-8(9(14)15)2-6-17-7-5-11(10(13)16)3-1-4-11/h8H,1-7,12H2,(H2,13,16)(H,14,15). The Labute approximate surface area is 105 Å². The maximum absolute atomic E-state index is 11.3. The van der Waals surface area contributed by atoms with E-state index in [-0.39, 0.29) is 11.3 Å². The number of rotatable bonds is 8. The van der Waals surface area contributed by atoms with E-state index in [1.165, 1.54) is 0 Å². The summed E-state index contributed by atoms with van der Waals surface area (Å²) in [6, 6.07) is -0.781. The quantitative estimate of drug-likeness (QED) is 0.553. The number of thioether (sulfide) groups is 1. The van der Waals surface area contributed by atoms with Crippen LogP contribution in [0.25, 0.3) is 0 Å². The van der Waals surface area contributed by atoms with Crippen LogP contribution in [0, 0.1) is 5.41 Å². The van der Waals surface area contributed by atoms with Crippen LogP contribution in [0.3, 0.4) is 0 Å². The van der Waals surface area contributed by atoms with Gasteiger partial charge in [-0.1, -0.05) is 6.42 Å². The van der Waals surface area contributed by atoms with E-state index < -0.39 is 12.0 Å². The van der Waals surface area contributed by atoms with Crippen molar-refractivity contribution in [2.24, 2.45) is 16.9 Å². The number of carbonyl (C=O) groups is 2. The van der Waals surface area contributed by atoms with E-state index in [1.807, 2.05) is 0 Å². The molecule has 1 aliphatic rings. The number of nitrogens with two attached hydrogens (primary N) is 2. The summed E-state index contributed by atoms with van der Waals surface area (Å²) in [4.78, 5) is 21.8. The average molecular weight is 260 g/mol. The van der Waals surface area contributed by atoms with Crippen LogP contribution in [0.4, 0.5) is 0 Å². The molecule has 1 unspecified atom stereocenters. The Kier molecular flexibility index (Phi) is 5.27. The molecule has 5 N–H and O–H groups in total. The van der Waals surface area contributed by atoms with Gasteiger partial charge in [-0.15, -0.1) is 0 Å². The van der Waals surface area contributed by atoms with Gasteiger partial charge in [-0.2, -0.15) is 11.8 Å². The lowest BCUT2D eigenvalue weighted by Gasteiger charge is -2.38. The Morgan fingerprint density at radius 2 is 2.00 bits per heavy atom. The summed E-state index contributed by atoms with van der Waals surface area (Å²) in [5, 5.41) is 8.59. The third-order valence-corrected chi connectivity index (χ3v) is 4.47. The zero-order valence-electron chi connectivity index (χ0n) is 9.85. The molecule has 1 amide bonds. The summed E-state index contributed by atoms with van der Waals surface area (Å²) in [6.07, 6.45) is 4.14. The van der Waals surface area contributed by atoms with Gasteiger partial charge in [0.15, 0.2) is 0 Å². The van der Waals surface area contributed by atoms with Crippen molar-refractivity contribution in [3.05, 3.63) is 0 Å². The highest BCUT2D eigenvalue weighted by Crippen LogP contribution is 2.44. The fourth-order valence-electron chi connectivity index (χ4n) is 1.93. The molecule has 0 bridgehead atoms. The third-order valence-electron chi connectivity index (χ3n) is 3.45. The number of hydrogen-bond donors (Lipinski definition) is 3. The smallest absolute Gasteiger partial charge is 0.320 e. The predicted molar refractivity (Wildman–Crippen MR) is 67.6 cm³/mol. The van der Waals surface area contributed by atoms with Crippen molar-refractivity contribution in [1.82, 2.24) is 0 Å². The van der Waals surface area contributed by atoms with Gasteiger partial charge in [0.2, 0.25) is 5.91 Å². The summed E-state index contributed by atoms with van der Waals surface area (Å²) in [6.45, 7) is 0. The minimum atomic E-state index is -0.960. The van der Waals surface area contributed by atoms with Crippen molar-refractivity contribution in [3.63, 3.8) is 0 Å². The van der Waals surface area contributed by atoms with E-state index in [9.17, 15) is 9.59 Å². The molecule has 98 valence electrons. The van der Waals surface area contributed by atoms with E-state index >= 15 is 0 Å². The van der Waals surface area contributed by atoms with Crippen LogP contribution < -0.4 is 11.5 Å². The van der Waals surface area contributed by atoms with E-state index in [0.29, 0.717) is 12.2 Å². The van der Waals surface area contributed by atoms with Crippen LogP contribution in [0.2, 0.25) is 0 Å². The second-order valence-electron chi connectivity index (χ2n) is 4.59. The molecule has 1 rings (SSSR count). The van der Waals surface area contributed by atoms with Gasteiger partial charge in [-0.3, -0.25) is 9.59 Å². The first-order valence-electron chi connectivity index (χ1n) is 5.84. The molecule has 1 fully saturated rings. The topological polar surface area (TPSA) is 106 Å². The number of amides is 1. The Bertz CT molecular complexity index is 292. The molecule has 0 heterocycles. The van der Waals surface area contributed by atoms with Gasteiger partial charge in [-0.25, -0.2) is 0 Å². The van der Waals surface area contributed by atoms with Crippen molar-refractivity contribution in [2.45, 2.75) is 38.1 Å². The first-order chi connectivity index (χ1) is 7.98. The van der Waals surface area contributed by atoms with Gasteiger partial charge in [0.1, 0.15) is 6.04 Å². The van der Waals surface area contributed by atoms with Crippen molar-refractivity contribution in [2.75, 3.05) is 11.5 Å². The second kappa shape index (κ2) is 6.26. The molecule has 6 heteroatoms. The van der Waals surface area contributed by atoms with Crippen molar-refractivity contribution in [1.29, 1.82) is 0 Å². The van der Waals surface area contributed by atoms with Crippen LogP contribution in [0.5, 0.6) is 0 Å². The van der Waals surface area contributed by atoms with Gasteiger partial charge < -0.3 is 16.6 Å². The molecule has 0 spiro atoms. The van der Waals surface area contributed by atoms with Crippen molar-refractivity contribution < 1.29 is 14.7 Å². The highest BCUT2D eigenvalue weighted by molar-refractivity contribution is 7.99. The highest BCUT2D eigenvalue weighted by atomic mass is 32.2. The van der Waals surface area contributed by atoms with Crippen LogP contribution >= 0.6 is 11.8 Å². The zero-order chi connectivity index (χ0) is 12.9. The monoisotopic (exact) mass is 260 g/mol. The Hall–Kier alpha value is -0.750. The van der Waals surface area contributed by atoms with E-state index in [1.54, 1.807) is 11.8 Å². The number of aliphatic carboxylic acids is 1. The van der Waals surface area contributed by atoms with Crippen LogP contribution in [-0.2, 0) is 9.59 Å². The lowest BCUT2D eigenvalue weighted by Crippen LogP contribution is -2.43. The fraction of sp³-hybridized carbons (Fsp3) is 0.818. The van der Waals surface area contributed by atoms with Gasteiger partial charge in [0, 0.05) is 5.41 Å². The Balaban J connectivity index is 2.12. The maximum Gasteiger partial charge on any atom is 0.320 e. The minimum Gasteiger partial charge on any atom is -0.480 e. The van der Waals surface area contributed by atoms with Gasteiger partial charge in [0.25, 0.3) is 0 Å². The van der Waals surface area contributed by atoms with Gasteiger partial charge in [0.05, 0.1) is 0 Å². The first kappa shape index (κ1) is 14.3. The van der Waals surface area contributed by atoms with E-state index in [4.69, 9.17) is 16.6 Å². The number of hydrogen-bond acceptors (Lipinski definition) is 4. The molecular formula is C11H20N2O3S. The minimum absolute atomic E-state index is 0.188. The van der Waals surface area contributed by atoms with Crippen LogP contribution in [-0.4, -0.2) is 34.5 Å². The highest BCUT2D eigenvalue weighted by Gasteiger charge is 2.41. The number of primary amides is 1. The summed E-state index contributed by atoms with van der Waals surface area (Å²) in [5.41, 5.74) is 10.5. The molecule has 0 aromatic heterocycles. The van der Waals surface area contributed by atoms with Crippen LogP contribution in [0.1, 0.15) is 32.1 Å². The third kappa shape index (κ3) is 3.89. The lowest BCUT2D eigenvalue weighted by molar-refractivity contribution is -0.138. The maximum atomic E-state index is 11.3. The molecule has 5 nitrogen and oxygen atoms in total. The lowest BCUT2D eigenvalue weighted by atomic mass is 9.66. The summed E-state index contributed by atoms with van der Waals surface area (Å²) in [5.74, 6) is 0.405. The zero-order valence-corrected chi connectivity index (χ0v) is 10.7.